The molecule has 4 heterocycles. The highest BCUT2D eigenvalue weighted by molar-refractivity contribution is 7.09. The minimum Gasteiger partial charge on any atom is -0.380 e. The van der Waals surface area contributed by atoms with Gasteiger partial charge in [0.05, 0.1) is 43.0 Å². The molecule has 0 bridgehead atoms. The van der Waals surface area contributed by atoms with Gasteiger partial charge in [-0.15, -0.1) is 11.3 Å². The highest BCUT2D eigenvalue weighted by Gasteiger charge is 2.45. The van der Waals surface area contributed by atoms with Gasteiger partial charge in [-0.1, -0.05) is 0 Å². The van der Waals surface area contributed by atoms with Gasteiger partial charge >= 0.3 is 0 Å². The van der Waals surface area contributed by atoms with Crippen molar-refractivity contribution in [2.75, 3.05) is 39.5 Å². The number of hydrogen-bond acceptors (Lipinski definition) is 6. The number of fused-ring (bicyclic) bond motifs is 1. The van der Waals surface area contributed by atoms with E-state index in [0.717, 1.165) is 43.4 Å². The molecule has 3 fully saturated rings. The van der Waals surface area contributed by atoms with Gasteiger partial charge in [0.2, 0.25) is 0 Å². The molecule has 1 aromatic rings. The Kier molecular flexibility index (Phi) is 4.36. The number of thiazole rings is 1. The third-order valence-corrected chi connectivity index (χ3v) is 5.90. The lowest BCUT2D eigenvalue weighted by atomic mass is 9.82. The molecule has 0 aromatic carbocycles. The zero-order chi connectivity index (χ0) is 15.8. The van der Waals surface area contributed by atoms with E-state index in [1.165, 1.54) is 0 Å². The lowest BCUT2D eigenvalue weighted by molar-refractivity contribution is -0.181. The summed E-state index contributed by atoms with van der Waals surface area (Å²) in [6.45, 7) is 7.53. The van der Waals surface area contributed by atoms with Crippen LogP contribution in [-0.4, -0.2) is 60.3 Å². The summed E-state index contributed by atoms with van der Waals surface area (Å²) in [5.74, 6) is 0.873. The maximum absolute atomic E-state index is 12.7. The van der Waals surface area contributed by atoms with Crippen molar-refractivity contribution < 1.29 is 14.4 Å². The Morgan fingerprint density at radius 1 is 1.43 bits per heavy atom. The van der Waals surface area contributed by atoms with Gasteiger partial charge in [0.25, 0.3) is 5.91 Å². The number of carbonyl (C=O) groups is 1. The minimum atomic E-state index is -0.0611. The molecule has 0 unspecified atom stereocenters. The summed E-state index contributed by atoms with van der Waals surface area (Å²) < 4.78 is 5.74. The molecular formula is C16H23N3O3S. The fourth-order valence-electron chi connectivity index (χ4n) is 3.99. The van der Waals surface area contributed by atoms with Crippen molar-refractivity contribution >= 4 is 17.2 Å². The molecular weight excluding hydrogens is 314 g/mol. The van der Waals surface area contributed by atoms with E-state index < -0.39 is 0 Å². The fraction of sp³-hybridized carbons (Fsp3) is 0.750. The number of aryl methyl sites for hydroxylation is 1. The minimum absolute atomic E-state index is 0.0611. The third-order valence-electron chi connectivity index (χ3n) is 5.08. The van der Waals surface area contributed by atoms with Crippen LogP contribution in [0.25, 0.3) is 0 Å². The van der Waals surface area contributed by atoms with Crippen molar-refractivity contribution in [3.63, 3.8) is 0 Å². The van der Waals surface area contributed by atoms with E-state index in [0.29, 0.717) is 31.6 Å². The van der Waals surface area contributed by atoms with Crippen LogP contribution in [0.5, 0.6) is 0 Å². The Hall–Kier alpha value is -1.02. The van der Waals surface area contributed by atoms with Crippen LogP contribution in [0.1, 0.15) is 17.1 Å². The Morgan fingerprint density at radius 3 is 3.09 bits per heavy atom. The van der Waals surface area contributed by atoms with Gasteiger partial charge in [0.1, 0.15) is 0 Å². The lowest BCUT2D eigenvalue weighted by Crippen LogP contribution is -2.45. The molecule has 0 spiro atoms. The number of hydrogen-bond donors (Lipinski definition) is 0. The largest absolute Gasteiger partial charge is 0.380 e. The second kappa shape index (κ2) is 6.47. The van der Waals surface area contributed by atoms with Gasteiger partial charge in [-0.05, 0) is 25.2 Å². The van der Waals surface area contributed by atoms with Crippen LogP contribution in [0.4, 0.5) is 0 Å². The summed E-state index contributed by atoms with van der Waals surface area (Å²) in [4.78, 5) is 25.1. The molecule has 3 saturated heterocycles. The number of likely N-dealkylation sites (tertiary alicyclic amines) is 1. The zero-order valence-corrected chi connectivity index (χ0v) is 14.3. The number of carbonyl (C=O) groups excluding carboxylic acids is 1. The van der Waals surface area contributed by atoms with Crippen molar-refractivity contribution in [2.45, 2.75) is 19.9 Å². The summed E-state index contributed by atoms with van der Waals surface area (Å²) in [6, 6.07) is 0. The molecule has 3 aliphatic rings. The molecule has 126 valence electrons. The first-order valence-electron chi connectivity index (χ1n) is 8.36. The number of rotatable bonds is 3. The molecule has 0 N–H and O–H groups in total. The van der Waals surface area contributed by atoms with Gasteiger partial charge in [-0.2, -0.15) is 0 Å². The van der Waals surface area contributed by atoms with E-state index in [9.17, 15) is 4.79 Å². The first-order chi connectivity index (χ1) is 11.2. The van der Waals surface area contributed by atoms with Crippen LogP contribution in [0, 0.1) is 24.7 Å². The molecule has 7 heteroatoms. The van der Waals surface area contributed by atoms with Crippen molar-refractivity contribution in [2.24, 2.45) is 17.8 Å². The molecule has 3 aliphatic heterocycles. The van der Waals surface area contributed by atoms with E-state index in [-0.39, 0.29) is 11.8 Å². The Bertz CT molecular complexity index is 573. The SMILES string of the molecule is Cc1nc(CN2C[C@@H]3COC[C@H](C(=O)N4CCCO4)[C@@H]3C2)cs1. The number of amides is 1. The lowest BCUT2D eigenvalue weighted by Gasteiger charge is -2.33. The molecule has 0 radical (unpaired) electrons. The molecule has 0 saturated carbocycles. The van der Waals surface area contributed by atoms with Crippen molar-refractivity contribution in [3.8, 4) is 0 Å². The second-order valence-corrected chi connectivity index (χ2v) is 7.81. The number of aromatic nitrogens is 1. The number of nitrogens with zero attached hydrogens (tertiary/aromatic N) is 3. The van der Waals surface area contributed by atoms with E-state index in [1.54, 1.807) is 16.4 Å². The predicted molar refractivity (Wildman–Crippen MR) is 85.7 cm³/mol. The predicted octanol–water partition coefficient (Wildman–Crippen LogP) is 1.31. The van der Waals surface area contributed by atoms with Gasteiger partial charge in [0, 0.05) is 25.0 Å². The van der Waals surface area contributed by atoms with Crippen molar-refractivity contribution in [1.29, 1.82) is 0 Å². The molecule has 0 aliphatic carbocycles. The Balaban J connectivity index is 1.42. The molecule has 6 nitrogen and oxygen atoms in total. The highest BCUT2D eigenvalue weighted by atomic mass is 32.1. The second-order valence-electron chi connectivity index (χ2n) is 6.75. The van der Waals surface area contributed by atoms with E-state index in [4.69, 9.17) is 9.57 Å². The molecule has 1 amide bonds. The quantitative estimate of drug-likeness (QED) is 0.832. The Morgan fingerprint density at radius 2 is 2.35 bits per heavy atom. The van der Waals surface area contributed by atoms with Crippen LogP contribution in [0.15, 0.2) is 5.38 Å². The normalized spacial score (nSPS) is 31.5. The van der Waals surface area contributed by atoms with Crippen molar-refractivity contribution in [3.05, 3.63) is 16.1 Å². The van der Waals surface area contributed by atoms with E-state index in [2.05, 4.69) is 15.3 Å². The van der Waals surface area contributed by atoms with E-state index >= 15 is 0 Å². The van der Waals surface area contributed by atoms with Gasteiger partial charge in [0.15, 0.2) is 0 Å². The van der Waals surface area contributed by atoms with Crippen LogP contribution < -0.4 is 0 Å². The maximum atomic E-state index is 12.7. The summed E-state index contributed by atoms with van der Waals surface area (Å²) in [5.41, 5.74) is 1.14. The van der Waals surface area contributed by atoms with Crippen LogP contribution in [-0.2, 0) is 20.9 Å². The first kappa shape index (κ1) is 15.5. The van der Waals surface area contributed by atoms with Crippen LogP contribution in [0.3, 0.4) is 0 Å². The van der Waals surface area contributed by atoms with Gasteiger partial charge in [-0.3, -0.25) is 14.5 Å². The molecule has 4 rings (SSSR count). The average molecular weight is 337 g/mol. The number of ether oxygens (including phenoxy) is 1. The topological polar surface area (TPSA) is 54.9 Å². The summed E-state index contributed by atoms with van der Waals surface area (Å²) in [5, 5.41) is 4.80. The molecule has 23 heavy (non-hydrogen) atoms. The smallest absolute Gasteiger partial charge is 0.251 e. The maximum Gasteiger partial charge on any atom is 0.251 e. The van der Waals surface area contributed by atoms with Crippen LogP contribution >= 0.6 is 11.3 Å². The summed E-state index contributed by atoms with van der Waals surface area (Å²) >= 11 is 1.70. The standard InChI is InChI=1S/C16H23N3O3S/c1-11-17-13(10-23-11)6-18-5-12-8-21-9-15(14(12)7-18)16(20)19-3-2-4-22-19/h10,12,14-15H,2-9H2,1H3/t12-,14-,15+/m1/s1. The monoisotopic (exact) mass is 337 g/mol. The Labute approximate surface area is 140 Å². The first-order valence-corrected chi connectivity index (χ1v) is 9.24. The van der Waals surface area contributed by atoms with E-state index in [1.807, 2.05) is 6.92 Å². The fourth-order valence-corrected chi connectivity index (χ4v) is 4.59. The highest BCUT2D eigenvalue weighted by Crippen LogP contribution is 2.36. The van der Waals surface area contributed by atoms with Crippen molar-refractivity contribution in [1.82, 2.24) is 14.9 Å². The molecule has 1 aromatic heterocycles. The van der Waals surface area contributed by atoms with Gasteiger partial charge < -0.3 is 4.74 Å². The number of hydroxylamine groups is 2. The zero-order valence-electron chi connectivity index (χ0n) is 13.4. The average Bonchev–Trinajstić information content (AvgIpc) is 3.26. The third kappa shape index (κ3) is 3.15. The van der Waals surface area contributed by atoms with Crippen LogP contribution in [0.2, 0.25) is 0 Å². The van der Waals surface area contributed by atoms with Gasteiger partial charge in [-0.25, -0.2) is 10.0 Å². The summed E-state index contributed by atoms with van der Waals surface area (Å²) in [7, 11) is 0. The molecule has 3 atom stereocenters. The summed E-state index contributed by atoms with van der Waals surface area (Å²) in [6.07, 6.45) is 0.933.